The molecule has 1 fully saturated rings. The van der Waals surface area contributed by atoms with Crippen molar-refractivity contribution < 1.29 is 4.79 Å². The maximum atomic E-state index is 12.4. The normalized spacial score (nSPS) is 18.5. The molecule has 1 aliphatic rings. The highest BCUT2D eigenvalue weighted by Gasteiger charge is 2.38. The van der Waals surface area contributed by atoms with Crippen LogP contribution in [0.15, 0.2) is 67.0 Å². The largest absolute Gasteiger partial charge is 0.338 e. The Morgan fingerprint density at radius 1 is 1.13 bits per heavy atom. The summed E-state index contributed by atoms with van der Waals surface area (Å²) in [7, 11) is 1.88. The minimum atomic E-state index is 0.0236. The highest BCUT2D eigenvalue weighted by atomic mass is 16.2. The molecule has 0 radical (unpaired) electrons. The summed E-state index contributed by atoms with van der Waals surface area (Å²) in [5.74, 6) is 0.358. The van der Waals surface area contributed by atoms with Gasteiger partial charge < -0.3 is 10.2 Å². The molecule has 0 spiro atoms. The summed E-state index contributed by atoms with van der Waals surface area (Å²) in [6.45, 7) is 2.16. The third kappa shape index (κ3) is 4.42. The Morgan fingerprint density at radius 2 is 1.90 bits per heavy atom. The lowest BCUT2D eigenvalue weighted by Gasteiger charge is -2.24. The van der Waals surface area contributed by atoms with Crippen LogP contribution in [0.4, 0.5) is 0 Å². The molecule has 0 unspecified atom stereocenters. The molecular weight excluding hydrogens is 374 g/mol. The quantitative estimate of drug-likeness (QED) is 0.662. The van der Waals surface area contributed by atoms with Crippen LogP contribution in [0.1, 0.15) is 34.7 Å². The zero-order valence-electron chi connectivity index (χ0n) is 17.0. The van der Waals surface area contributed by atoms with E-state index in [1.54, 1.807) is 0 Å². The van der Waals surface area contributed by atoms with Gasteiger partial charge in [-0.3, -0.25) is 9.48 Å². The Kier molecular flexibility index (Phi) is 5.92. The summed E-state index contributed by atoms with van der Waals surface area (Å²) in [6.07, 6.45) is 4.47. The van der Waals surface area contributed by atoms with E-state index in [0.717, 1.165) is 17.7 Å². The number of benzene rings is 2. The van der Waals surface area contributed by atoms with E-state index < -0.39 is 0 Å². The van der Waals surface area contributed by atoms with Crippen molar-refractivity contribution in [2.75, 3.05) is 13.6 Å². The Labute approximate surface area is 176 Å². The number of hydrogen-bond donors (Lipinski definition) is 1. The Balaban J connectivity index is 1.40. The number of nitriles is 1. The van der Waals surface area contributed by atoms with Crippen molar-refractivity contribution >= 4 is 5.91 Å². The molecular formula is C24H25N5O. The van der Waals surface area contributed by atoms with Gasteiger partial charge in [0.25, 0.3) is 0 Å². The monoisotopic (exact) mass is 399 g/mol. The van der Waals surface area contributed by atoms with E-state index >= 15 is 0 Å². The fourth-order valence-electron chi connectivity index (χ4n) is 4.12. The second kappa shape index (κ2) is 8.93. The SMILES string of the molecule is CN1C(=O)C[C@@H](CNCc2ccc(C#N)cc2)[C@@H]1c1cnn(Cc2ccccc2)c1. The van der Waals surface area contributed by atoms with Gasteiger partial charge in [0.1, 0.15) is 0 Å². The summed E-state index contributed by atoms with van der Waals surface area (Å²) in [6, 6.07) is 20.0. The molecule has 152 valence electrons. The summed E-state index contributed by atoms with van der Waals surface area (Å²) < 4.78 is 1.93. The third-order valence-electron chi connectivity index (χ3n) is 5.69. The van der Waals surface area contributed by atoms with Crippen LogP contribution < -0.4 is 5.32 Å². The Hall–Kier alpha value is -3.43. The van der Waals surface area contributed by atoms with Crippen LogP contribution in [0.3, 0.4) is 0 Å². The number of nitrogens with zero attached hydrogens (tertiary/aromatic N) is 4. The number of aromatic nitrogens is 2. The second-order valence-corrected chi connectivity index (χ2v) is 7.81. The number of nitrogens with one attached hydrogen (secondary N) is 1. The van der Waals surface area contributed by atoms with E-state index in [2.05, 4.69) is 34.8 Å². The minimum Gasteiger partial charge on any atom is -0.338 e. The first-order valence-electron chi connectivity index (χ1n) is 10.2. The van der Waals surface area contributed by atoms with E-state index in [1.807, 2.05) is 65.3 Å². The molecule has 3 aromatic rings. The molecule has 0 bridgehead atoms. The van der Waals surface area contributed by atoms with Gasteiger partial charge in [0, 0.05) is 44.2 Å². The van der Waals surface area contributed by atoms with Crippen molar-refractivity contribution in [3.8, 4) is 6.07 Å². The summed E-state index contributed by atoms with van der Waals surface area (Å²) >= 11 is 0. The van der Waals surface area contributed by atoms with Crippen molar-refractivity contribution in [2.24, 2.45) is 5.92 Å². The molecule has 30 heavy (non-hydrogen) atoms. The average Bonchev–Trinajstić information content (AvgIpc) is 3.33. The third-order valence-corrected chi connectivity index (χ3v) is 5.69. The van der Waals surface area contributed by atoms with Crippen LogP contribution in [0.25, 0.3) is 0 Å². The number of rotatable bonds is 7. The zero-order valence-corrected chi connectivity index (χ0v) is 17.0. The molecule has 1 saturated heterocycles. The van der Waals surface area contributed by atoms with Crippen LogP contribution in [-0.4, -0.2) is 34.2 Å². The van der Waals surface area contributed by atoms with Crippen molar-refractivity contribution in [3.63, 3.8) is 0 Å². The van der Waals surface area contributed by atoms with Gasteiger partial charge in [-0.25, -0.2) is 0 Å². The molecule has 4 rings (SSSR count). The van der Waals surface area contributed by atoms with Crippen LogP contribution in [0.5, 0.6) is 0 Å². The molecule has 2 heterocycles. The zero-order chi connectivity index (χ0) is 20.9. The highest BCUT2D eigenvalue weighted by Crippen LogP contribution is 2.36. The molecule has 0 aliphatic carbocycles. The van der Waals surface area contributed by atoms with Crippen molar-refractivity contribution in [2.45, 2.75) is 25.6 Å². The number of carbonyl (C=O) groups excluding carboxylic acids is 1. The maximum Gasteiger partial charge on any atom is 0.223 e. The second-order valence-electron chi connectivity index (χ2n) is 7.81. The lowest BCUT2D eigenvalue weighted by atomic mass is 9.95. The average molecular weight is 399 g/mol. The van der Waals surface area contributed by atoms with Crippen LogP contribution in [0.2, 0.25) is 0 Å². The molecule has 2 atom stereocenters. The Bertz CT molecular complexity index is 1040. The van der Waals surface area contributed by atoms with Gasteiger partial charge in [0.15, 0.2) is 0 Å². The van der Waals surface area contributed by atoms with E-state index in [1.165, 1.54) is 5.56 Å². The van der Waals surface area contributed by atoms with E-state index in [0.29, 0.717) is 25.1 Å². The molecule has 1 aliphatic heterocycles. The lowest BCUT2D eigenvalue weighted by molar-refractivity contribution is -0.127. The maximum absolute atomic E-state index is 12.4. The first-order chi connectivity index (χ1) is 14.6. The highest BCUT2D eigenvalue weighted by molar-refractivity contribution is 5.79. The summed E-state index contributed by atoms with van der Waals surface area (Å²) in [4.78, 5) is 14.3. The molecule has 6 heteroatoms. The topological polar surface area (TPSA) is 74.0 Å². The van der Waals surface area contributed by atoms with E-state index in [-0.39, 0.29) is 17.9 Å². The standard InChI is InChI=1S/C24H25N5O/c1-28-23(30)11-21(14-26-13-19-9-7-18(12-25)8-10-19)24(28)22-15-27-29(17-22)16-20-5-3-2-4-6-20/h2-10,15,17,21,24,26H,11,13-14,16H2,1H3/t21-,24+/m0/s1. The summed E-state index contributed by atoms with van der Waals surface area (Å²) in [5, 5.41) is 16.9. The van der Waals surface area contributed by atoms with Crippen LogP contribution in [0, 0.1) is 17.2 Å². The van der Waals surface area contributed by atoms with Gasteiger partial charge in [-0.1, -0.05) is 42.5 Å². The number of hydrogen-bond acceptors (Lipinski definition) is 4. The molecule has 2 aromatic carbocycles. The van der Waals surface area contributed by atoms with Gasteiger partial charge in [-0.2, -0.15) is 10.4 Å². The van der Waals surface area contributed by atoms with Gasteiger partial charge in [0.05, 0.1) is 30.4 Å². The van der Waals surface area contributed by atoms with Gasteiger partial charge in [-0.15, -0.1) is 0 Å². The molecule has 1 N–H and O–H groups in total. The van der Waals surface area contributed by atoms with Gasteiger partial charge >= 0.3 is 0 Å². The molecule has 6 nitrogen and oxygen atoms in total. The lowest BCUT2D eigenvalue weighted by Crippen LogP contribution is -2.28. The predicted molar refractivity (Wildman–Crippen MR) is 114 cm³/mol. The van der Waals surface area contributed by atoms with E-state index in [4.69, 9.17) is 5.26 Å². The molecule has 1 amide bonds. The predicted octanol–water partition coefficient (Wildman–Crippen LogP) is 3.11. The molecule has 0 saturated carbocycles. The Morgan fingerprint density at radius 3 is 2.63 bits per heavy atom. The first kappa shape index (κ1) is 19.9. The number of amides is 1. The molecule has 1 aromatic heterocycles. The van der Waals surface area contributed by atoms with Crippen molar-refractivity contribution in [1.82, 2.24) is 20.0 Å². The van der Waals surface area contributed by atoms with Crippen molar-refractivity contribution in [1.29, 1.82) is 5.26 Å². The van der Waals surface area contributed by atoms with Crippen molar-refractivity contribution in [3.05, 3.63) is 89.2 Å². The smallest absolute Gasteiger partial charge is 0.223 e. The number of carbonyl (C=O) groups is 1. The van der Waals surface area contributed by atoms with Crippen LogP contribution in [-0.2, 0) is 17.9 Å². The fourth-order valence-corrected chi connectivity index (χ4v) is 4.12. The summed E-state index contributed by atoms with van der Waals surface area (Å²) in [5.41, 5.74) is 4.06. The first-order valence-corrected chi connectivity index (χ1v) is 10.2. The van der Waals surface area contributed by atoms with Gasteiger partial charge in [0.2, 0.25) is 5.91 Å². The fraction of sp³-hybridized carbons (Fsp3) is 0.292. The van der Waals surface area contributed by atoms with Gasteiger partial charge in [-0.05, 0) is 23.3 Å². The van der Waals surface area contributed by atoms with Crippen LogP contribution >= 0.6 is 0 Å². The number of likely N-dealkylation sites (tertiary alicyclic amines) is 1. The van der Waals surface area contributed by atoms with E-state index in [9.17, 15) is 4.79 Å². The minimum absolute atomic E-state index is 0.0236.